The monoisotopic (exact) mass is 485 g/mol. The summed E-state index contributed by atoms with van der Waals surface area (Å²) in [7, 11) is -3.78. The van der Waals surface area contributed by atoms with E-state index in [2.05, 4.69) is 0 Å². The van der Waals surface area contributed by atoms with E-state index in [0.29, 0.717) is 38.4 Å². The number of hydrogen-bond donors (Lipinski definition) is 0. The van der Waals surface area contributed by atoms with Gasteiger partial charge in [0.1, 0.15) is 0 Å². The third-order valence-electron chi connectivity index (χ3n) is 6.15. The lowest BCUT2D eigenvalue weighted by Crippen LogP contribution is -2.51. The first-order chi connectivity index (χ1) is 16.3. The van der Waals surface area contributed by atoms with Crippen LogP contribution in [0.15, 0.2) is 53.4 Å². The Hall–Kier alpha value is -3.40. The maximum Gasteiger partial charge on any atom is 0.338 e. The minimum Gasteiger partial charge on any atom is -0.452 e. The second-order valence-corrected chi connectivity index (χ2v) is 10.2. The van der Waals surface area contributed by atoms with Gasteiger partial charge in [0.15, 0.2) is 6.61 Å². The zero-order chi connectivity index (χ0) is 24.3. The van der Waals surface area contributed by atoms with Crippen LogP contribution in [-0.4, -0.2) is 75.3 Å². The minimum absolute atomic E-state index is 0.0338. The summed E-state index contributed by atoms with van der Waals surface area (Å²) in [6, 6.07) is 13.0. The number of para-hydroxylation sites is 1. The Balaban J connectivity index is 1.37. The molecule has 0 radical (unpaired) electrons. The van der Waals surface area contributed by atoms with Gasteiger partial charge in [0.05, 0.1) is 16.1 Å². The fraction of sp³-hybridized carbons (Fsp3) is 0.375. The third kappa shape index (κ3) is 4.91. The van der Waals surface area contributed by atoms with Crippen LogP contribution in [0.25, 0.3) is 0 Å². The number of piperazine rings is 1. The average molecular weight is 486 g/mol. The van der Waals surface area contributed by atoms with E-state index >= 15 is 0 Å². The number of carbonyl (C=O) groups excluding carboxylic acids is 3. The normalized spacial score (nSPS) is 16.1. The first-order valence-electron chi connectivity index (χ1n) is 11.2. The summed E-state index contributed by atoms with van der Waals surface area (Å²) in [4.78, 5) is 39.4. The highest BCUT2D eigenvalue weighted by Gasteiger charge is 2.29. The Morgan fingerprint density at radius 1 is 0.882 bits per heavy atom. The Labute approximate surface area is 198 Å². The molecule has 9 nitrogen and oxygen atoms in total. The predicted octanol–water partition coefficient (Wildman–Crippen LogP) is 1.68. The molecule has 2 amide bonds. The summed E-state index contributed by atoms with van der Waals surface area (Å²) >= 11 is 0. The quantitative estimate of drug-likeness (QED) is 0.597. The first kappa shape index (κ1) is 23.7. The van der Waals surface area contributed by atoms with Crippen LogP contribution >= 0.6 is 0 Å². The van der Waals surface area contributed by atoms with E-state index in [1.165, 1.54) is 35.5 Å². The zero-order valence-corrected chi connectivity index (χ0v) is 19.8. The molecule has 2 aromatic rings. The lowest BCUT2D eigenvalue weighted by Gasteiger charge is -2.34. The van der Waals surface area contributed by atoms with Crippen molar-refractivity contribution in [2.24, 2.45) is 0 Å². The Kier molecular flexibility index (Phi) is 6.87. The molecule has 1 saturated heterocycles. The van der Waals surface area contributed by atoms with Gasteiger partial charge in [0, 0.05) is 39.6 Å². The van der Waals surface area contributed by atoms with Crippen LogP contribution in [0.3, 0.4) is 0 Å². The molecule has 1 fully saturated rings. The molecule has 2 aliphatic heterocycles. The van der Waals surface area contributed by atoms with Gasteiger partial charge in [-0.15, -0.1) is 0 Å². The van der Waals surface area contributed by atoms with Crippen molar-refractivity contribution in [3.05, 3.63) is 59.7 Å². The Morgan fingerprint density at radius 3 is 2.21 bits per heavy atom. The highest BCUT2D eigenvalue weighted by atomic mass is 32.2. The van der Waals surface area contributed by atoms with Gasteiger partial charge in [-0.25, -0.2) is 13.2 Å². The average Bonchev–Trinajstić information content (AvgIpc) is 2.86. The number of anilines is 1. The molecule has 0 spiro atoms. The topological polar surface area (TPSA) is 104 Å². The van der Waals surface area contributed by atoms with E-state index in [1.54, 1.807) is 15.9 Å². The maximum absolute atomic E-state index is 13.2. The van der Waals surface area contributed by atoms with Crippen LogP contribution in [-0.2, 0) is 30.8 Å². The van der Waals surface area contributed by atoms with Gasteiger partial charge in [-0.05, 0) is 48.7 Å². The van der Waals surface area contributed by atoms with Crippen molar-refractivity contribution in [2.45, 2.75) is 24.7 Å². The lowest BCUT2D eigenvalue weighted by molar-refractivity contribution is -0.140. The molecular weight excluding hydrogens is 458 g/mol. The number of fused-ring (bicyclic) bond motifs is 1. The molecule has 0 unspecified atom stereocenters. The van der Waals surface area contributed by atoms with E-state index in [-0.39, 0.29) is 22.3 Å². The molecule has 180 valence electrons. The smallest absolute Gasteiger partial charge is 0.338 e. The van der Waals surface area contributed by atoms with Gasteiger partial charge < -0.3 is 14.5 Å². The minimum atomic E-state index is -3.78. The third-order valence-corrected chi connectivity index (χ3v) is 7.98. The molecule has 2 aliphatic rings. The maximum atomic E-state index is 13.2. The number of sulfonamides is 1. The summed E-state index contributed by atoms with van der Waals surface area (Å²) in [5.41, 5.74) is 1.83. The molecule has 2 heterocycles. The molecule has 10 heteroatoms. The van der Waals surface area contributed by atoms with Crippen LogP contribution < -0.4 is 4.31 Å². The number of carbonyl (C=O) groups is 3. The number of esters is 1. The number of hydrogen-bond acceptors (Lipinski definition) is 6. The van der Waals surface area contributed by atoms with Crippen LogP contribution in [0.5, 0.6) is 0 Å². The second-order valence-electron chi connectivity index (χ2n) is 8.30. The van der Waals surface area contributed by atoms with Crippen LogP contribution in [0.4, 0.5) is 5.69 Å². The van der Waals surface area contributed by atoms with E-state index in [1.807, 2.05) is 18.2 Å². The van der Waals surface area contributed by atoms with Gasteiger partial charge in [-0.3, -0.25) is 13.9 Å². The van der Waals surface area contributed by atoms with E-state index in [9.17, 15) is 22.8 Å². The first-order valence-corrected chi connectivity index (χ1v) is 12.6. The van der Waals surface area contributed by atoms with Crippen LogP contribution in [0.1, 0.15) is 29.3 Å². The van der Waals surface area contributed by atoms with E-state index in [0.717, 1.165) is 18.4 Å². The Bertz CT molecular complexity index is 1190. The molecule has 0 N–H and O–H groups in total. The summed E-state index contributed by atoms with van der Waals surface area (Å²) in [6.07, 6.45) is 1.57. The van der Waals surface area contributed by atoms with Crippen molar-refractivity contribution in [1.29, 1.82) is 0 Å². The van der Waals surface area contributed by atoms with Crippen molar-refractivity contribution < 1.29 is 27.5 Å². The molecule has 0 aliphatic carbocycles. The fourth-order valence-corrected chi connectivity index (χ4v) is 5.75. The van der Waals surface area contributed by atoms with Gasteiger partial charge in [0.2, 0.25) is 5.91 Å². The second kappa shape index (κ2) is 9.84. The van der Waals surface area contributed by atoms with Crippen molar-refractivity contribution in [3.8, 4) is 0 Å². The van der Waals surface area contributed by atoms with Gasteiger partial charge in [0.25, 0.3) is 15.9 Å². The van der Waals surface area contributed by atoms with Gasteiger partial charge >= 0.3 is 5.97 Å². The molecule has 2 aromatic carbocycles. The number of ether oxygens (including phenoxy) is 1. The highest BCUT2D eigenvalue weighted by molar-refractivity contribution is 7.92. The number of amides is 2. The van der Waals surface area contributed by atoms with Gasteiger partial charge in [-0.2, -0.15) is 0 Å². The van der Waals surface area contributed by atoms with E-state index < -0.39 is 22.6 Å². The molecule has 0 saturated carbocycles. The standard InChI is InChI=1S/C24H27N3O6S/c1-18(28)25-13-15-26(16-14-25)23(29)17-33-24(30)20-8-10-21(11-9-20)34(31,32)27-12-4-6-19-5-2-3-7-22(19)27/h2-3,5,7-11H,4,6,12-17H2,1H3. The number of aryl methyl sites for hydroxylation is 1. The van der Waals surface area contributed by atoms with Gasteiger partial charge in [-0.1, -0.05) is 18.2 Å². The SMILES string of the molecule is CC(=O)N1CCN(C(=O)COC(=O)c2ccc(S(=O)(=O)N3CCCc4ccccc43)cc2)CC1. The zero-order valence-electron chi connectivity index (χ0n) is 19.0. The Morgan fingerprint density at radius 2 is 1.53 bits per heavy atom. The highest BCUT2D eigenvalue weighted by Crippen LogP contribution is 2.31. The van der Waals surface area contributed by atoms with Crippen molar-refractivity contribution in [2.75, 3.05) is 43.6 Å². The largest absolute Gasteiger partial charge is 0.452 e. The van der Waals surface area contributed by atoms with Crippen molar-refractivity contribution in [1.82, 2.24) is 9.80 Å². The summed E-state index contributed by atoms with van der Waals surface area (Å²) in [6.45, 7) is 3.15. The van der Waals surface area contributed by atoms with Crippen LogP contribution in [0, 0.1) is 0 Å². The molecule has 0 atom stereocenters. The summed E-state index contributed by atoms with van der Waals surface area (Å²) < 4.78 is 33.0. The lowest BCUT2D eigenvalue weighted by atomic mass is 10.0. The number of benzene rings is 2. The molecule has 0 aromatic heterocycles. The van der Waals surface area contributed by atoms with Crippen LogP contribution in [0.2, 0.25) is 0 Å². The molecule has 4 rings (SSSR count). The predicted molar refractivity (Wildman–Crippen MR) is 125 cm³/mol. The summed E-state index contributed by atoms with van der Waals surface area (Å²) in [5.74, 6) is -1.07. The molecule has 34 heavy (non-hydrogen) atoms. The molecule has 0 bridgehead atoms. The molecular formula is C24H27N3O6S. The van der Waals surface area contributed by atoms with E-state index in [4.69, 9.17) is 4.74 Å². The van der Waals surface area contributed by atoms with Crippen molar-refractivity contribution >= 4 is 33.5 Å². The fourth-order valence-electron chi connectivity index (χ4n) is 4.21. The number of nitrogens with zero attached hydrogens (tertiary/aromatic N) is 3. The number of rotatable bonds is 5. The summed E-state index contributed by atoms with van der Waals surface area (Å²) in [5, 5.41) is 0. The van der Waals surface area contributed by atoms with Crippen molar-refractivity contribution in [3.63, 3.8) is 0 Å².